The van der Waals surface area contributed by atoms with Gasteiger partial charge in [0.1, 0.15) is 5.75 Å². The summed E-state index contributed by atoms with van der Waals surface area (Å²) in [6.45, 7) is 13.1. The second kappa shape index (κ2) is 15.4. The van der Waals surface area contributed by atoms with Crippen molar-refractivity contribution in [3.63, 3.8) is 0 Å². The fraction of sp³-hybridized carbons (Fsp3) is 0.205. The molecule has 0 aromatic heterocycles. The number of esters is 1. The van der Waals surface area contributed by atoms with E-state index in [-0.39, 0.29) is 16.8 Å². The van der Waals surface area contributed by atoms with Gasteiger partial charge in [0, 0.05) is 5.41 Å². The van der Waals surface area contributed by atoms with E-state index >= 15 is 0 Å². The molecular weight excluding hydrogens is 575 g/mol. The molecule has 4 heteroatoms. The summed E-state index contributed by atoms with van der Waals surface area (Å²) in [5.41, 5.74) is 8.12. The van der Waals surface area contributed by atoms with Crippen LogP contribution in [0.4, 0.5) is 0 Å². The molecule has 0 aliphatic rings. The number of benzene rings is 5. The van der Waals surface area contributed by atoms with Crippen molar-refractivity contribution in [2.75, 3.05) is 0 Å². The monoisotopic (exact) mass is 613 g/mol. The van der Waals surface area contributed by atoms with Gasteiger partial charge in [0.2, 0.25) is 0 Å². The fourth-order valence-corrected chi connectivity index (χ4v) is 4.71. The summed E-state index contributed by atoms with van der Waals surface area (Å²) in [5.74, 6) is 0.181. The fourth-order valence-electron chi connectivity index (χ4n) is 4.71. The Balaban J connectivity index is 0.000000242. The quantitative estimate of drug-likeness (QED) is 0.109. The molecule has 0 aliphatic carbocycles. The van der Waals surface area contributed by atoms with Crippen LogP contribution in [0.25, 0.3) is 0 Å². The van der Waals surface area contributed by atoms with Gasteiger partial charge in [-0.1, -0.05) is 99.5 Å². The Morgan fingerprint density at radius 3 is 1.26 bits per heavy atom. The van der Waals surface area contributed by atoms with E-state index in [1.165, 1.54) is 33.4 Å². The average Bonchev–Trinajstić information content (AvgIpc) is 3.04. The van der Waals surface area contributed by atoms with Gasteiger partial charge in [0.25, 0.3) is 0 Å². The number of hydrogen-bond donors (Lipinski definition) is 0. The normalized spacial score (nSPS) is 10.9. The number of rotatable bonds is 6. The molecule has 3 nitrogen and oxygen atoms in total. The molecule has 0 heterocycles. The maximum absolute atomic E-state index is 12.1. The predicted octanol–water partition coefficient (Wildman–Crippen LogP) is 9.34. The first-order valence-corrected chi connectivity index (χ1v) is 14.5. The minimum absolute atomic E-state index is 0.0583. The zero-order valence-corrected chi connectivity index (χ0v) is 26.6. The Labute approximate surface area is 264 Å². The molecule has 0 saturated carbocycles. The first-order valence-electron chi connectivity index (χ1n) is 14.1. The molecule has 0 amide bonds. The third-order valence-electron chi connectivity index (χ3n) is 7.73. The average molecular weight is 614 g/mol. The van der Waals surface area contributed by atoms with E-state index < -0.39 is 0 Å². The van der Waals surface area contributed by atoms with E-state index in [1.807, 2.05) is 36.4 Å². The summed E-state index contributed by atoms with van der Waals surface area (Å²) in [6.07, 6.45) is 0. The van der Waals surface area contributed by atoms with Crippen molar-refractivity contribution < 1.29 is 29.1 Å². The first-order chi connectivity index (χ1) is 20.6. The topological polar surface area (TPSA) is 43.4 Å². The Morgan fingerprint density at radius 1 is 0.535 bits per heavy atom. The van der Waals surface area contributed by atoms with E-state index in [1.54, 1.807) is 24.3 Å². The van der Waals surface area contributed by atoms with Gasteiger partial charge in [-0.3, -0.25) is 0 Å². The molecule has 223 valence electrons. The van der Waals surface area contributed by atoms with Crippen LogP contribution in [0.1, 0.15) is 71.4 Å². The molecule has 43 heavy (non-hydrogen) atoms. The van der Waals surface area contributed by atoms with Crippen molar-refractivity contribution >= 4 is 5.97 Å². The Bertz CT molecular complexity index is 1560. The predicted molar refractivity (Wildman–Crippen MR) is 169 cm³/mol. The van der Waals surface area contributed by atoms with Gasteiger partial charge >= 0.3 is 25.5 Å². The molecular formula is C39H38CoO3-2. The van der Waals surface area contributed by atoms with Crippen molar-refractivity contribution in [1.82, 2.24) is 0 Å². The number of carbonyl (C=O) groups is 1. The Morgan fingerprint density at radius 2 is 0.860 bits per heavy atom. The van der Waals surface area contributed by atoms with Gasteiger partial charge < -0.3 is 4.74 Å². The van der Waals surface area contributed by atoms with E-state index in [0.717, 1.165) is 0 Å². The van der Waals surface area contributed by atoms with E-state index in [4.69, 9.17) is 8.60 Å². The molecule has 5 aromatic carbocycles. The molecule has 0 aliphatic heterocycles. The molecule has 0 atom stereocenters. The van der Waals surface area contributed by atoms with Gasteiger partial charge in [0.15, 0.2) is 0 Å². The van der Waals surface area contributed by atoms with Crippen LogP contribution in [-0.2, 0) is 30.4 Å². The summed E-state index contributed by atoms with van der Waals surface area (Å²) in [7, 11) is 0. The summed E-state index contributed by atoms with van der Waals surface area (Å²) in [6, 6.07) is 46.0. The second-order valence-electron chi connectivity index (χ2n) is 11.5. The summed E-state index contributed by atoms with van der Waals surface area (Å²) in [4.78, 5) is 12.1. The van der Waals surface area contributed by atoms with Crippen LogP contribution >= 0.6 is 0 Å². The minimum atomic E-state index is -0.362. The zero-order chi connectivity index (χ0) is 31.5. The Hall–Kier alpha value is -4.12. The molecule has 0 unspecified atom stereocenters. The maximum atomic E-state index is 12.1. The number of hydrogen-bond acceptors (Lipinski definition) is 3. The van der Waals surface area contributed by atoms with Crippen LogP contribution < -0.4 is 4.74 Å². The third kappa shape index (κ3) is 8.93. The SMILES string of the molecule is Cc1ccc(C(C)(C)c2cc[c-]cc2)cc1.Cc1ccc(C(C)(C)c2ccc(OC(=O)c3cc[c-]cc3)cc2)cc1.[O]=[Co]. The molecule has 0 fully saturated rings. The van der Waals surface area contributed by atoms with Crippen molar-refractivity contribution in [3.8, 4) is 5.75 Å². The van der Waals surface area contributed by atoms with Crippen molar-refractivity contribution in [2.24, 2.45) is 0 Å². The summed E-state index contributed by atoms with van der Waals surface area (Å²) in [5, 5.41) is 0. The molecule has 0 bridgehead atoms. The van der Waals surface area contributed by atoms with Gasteiger partial charge in [-0.2, -0.15) is 60.7 Å². The molecule has 0 N–H and O–H groups in total. The Kier molecular flexibility index (Phi) is 11.9. The van der Waals surface area contributed by atoms with Gasteiger partial charge in [-0.15, -0.1) is 5.56 Å². The van der Waals surface area contributed by atoms with Crippen molar-refractivity contribution in [1.29, 1.82) is 0 Å². The number of carbonyl (C=O) groups excluding carboxylic acids is 1. The first kappa shape index (κ1) is 33.4. The van der Waals surface area contributed by atoms with Gasteiger partial charge in [-0.05, 0) is 53.6 Å². The summed E-state index contributed by atoms with van der Waals surface area (Å²) < 4.78 is 13.4. The van der Waals surface area contributed by atoms with Crippen LogP contribution in [0.5, 0.6) is 5.75 Å². The van der Waals surface area contributed by atoms with Gasteiger partial charge in [0.05, 0.1) is 0 Å². The van der Waals surface area contributed by atoms with E-state index in [2.05, 4.69) is 130 Å². The molecule has 5 rings (SSSR count). The standard InChI is InChI=1S/C23H21O2.C16H17.Co.O/c1-17-9-11-19(12-10-17)23(2,3)20-13-15-21(16-14-20)25-22(24)18-7-5-4-6-8-18;1-13-9-11-15(12-10-13)16(2,3)14-7-5-4-6-8-14;;/h5-16H,1-3H3;5-12H,1-3H3;;/q2*-1;;. The number of aryl methyl sites for hydroxylation is 2. The van der Waals surface area contributed by atoms with Crippen LogP contribution in [-0.4, -0.2) is 5.97 Å². The molecule has 0 spiro atoms. The van der Waals surface area contributed by atoms with Crippen LogP contribution in [0.2, 0.25) is 0 Å². The van der Waals surface area contributed by atoms with Crippen LogP contribution in [0, 0.1) is 26.0 Å². The van der Waals surface area contributed by atoms with Crippen molar-refractivity contribution in [3.05, 3.63) is 172 Å². The molecule has 0 radical (unpaired) electrons. The third-order valence-corrected chi connectivity index (χ3v) is 7.73. The molecule has 5 aromatic rings. The van der Waals surface area contributed by atoms with E-state index in [9.17, 15) is 4.79 Å². The van der Waals surface area contributed by atoms with E-state index in [0.29, 0.717) is 11.3 Å². The molecule has 0 saturated heterocycles. The van der Waals surface area contributed by atoms with Crippen LogP contribution in [0.15, 0.2) is 121 Å². The van der Waals surface area contributed by atoms with Crippen molar-refractivity contribution in [2.45, 2.75) is 52.4 Å². The summed E-state index contributed by atoms with van der Waals surface area (Å²) >= 11 is 2.31. The second-order valence-corrected chi connectivity index (χ2v) is 11.5. The number of ether oxygens (including phenoxy) is 1. The van der Waals surface area contributed by atoms with Crippen LogP contribution in [0.3, 0.4) is 0 Å². The van der Waals surface area contributed by atoms with Gasteiger partial charge in [-0.25, -0.2) is 4.79 Å². The zero-order valence-electron chi connectivity index (χ0n) is 25.6.